The Morgan fingerprint density at radius 3 is 2.12 bits per heavy atom. The molecule has 7 heteroatoms. The third kappa shape index (κ3) is 5.57. The smallest absolute Gasteiger partial charge is 0.407 e. The van der Waals surface area contributed by atoms with Crippen LogP contribution in [-0.4, -0.2) is 29.4 Å². The molecule has 4 nitrogen and oxygen atoms in total. The summed E-state index contributed by atoms with van der Waals surface area (Å²) < 4.78 is 45.7. The van der Waals surface area contributed by atoms with Gasteiger partial charge in [0.05, 0.1) is 6.61 Å². The number of halogens is 3. The minimum Gasteiger partial charge on any atom is -0.479 e. The Morgan fingerprint density at radius 1 is 1.08 bits per heavy atom. The van der Waals surface area contributed by atoms with E-state index in [0.717, 1.165) is 0 Å². The van der Waals surface area contributed by atoms with Crippen LogP contribution < -0.4 is 5.32 Å². The molecular formula is C19H20F3NO3. The molecule has 0 spiro atoms. The highest BCUT2D eigenvalue weighted by atomic mass is 19.4. The molecule has 2 aromatic carbocycles. The van der Waals surface area contributed by atoms with Crippen molar-refractivity contribution in [3.05, 3.63) is 71.8 Å². The van der Waals surface area contributed by atoms with Crippen molar-refractivity contribution < 1.29 is 27.8 Å². The number of ether oxygens (including phenoxy) is 1. The molecule has 0 saturated carbocycles. The second-order valence-corrected chi connectivity index (χ2v) is 5.87. The third-order valence-corrected chi connectivity index (χ3v) is 3.90. The molecule has 3 atom stereocenters. The average molecular weight is 367 g/mol. The van der Waals surface area contributed by atoms with Crippen molar-refractivity contribution in [1.82, 2.24) is 5.32 Å². The van der Waals surface area contributed by atoms with Gasteiger partial charge in [-0.05, 0) is 18.1 Å². The summed E-state index contributed by atoms with van der Waals surface area (Å²) in [6.07, 6.45) is -6.86. The maximum absolute atomic E-state index is 13.5. The van der Waals surface area contributed by atoms with Gasteiger partial charge in [0.1, 0.15) is 6.04 Å². The number of hydrogen-bond donors (Lipinski definition) is 2. The van der Waals surface area contributed by atoms with Gasteiger partial charge in [0.25, 0.3) is 0 Å². The van der Waals surface area contributed by atoms with Gasteiger partial charge in [0, 0.05) is 6.04 Å². The molecule has 0 aliphatic heterocycles. The van der Waals surface area contributed by atoms with E-state index in [-0.39, 0.29) is 6.61 Å². The molecule has 0 saturated heterocycles. The highest BCUT2D eigenvalue weighted by Crippen LogP contribution is 2.27. The summed E-state index contributed by atoms with van der Waals surface area (Å²) in [5.74, 6) is -1.67. The number of nitrogens with one attached hydrogen (secondary N) is 1. The normalized spacial score (nSPS) is 15.2. The molecule has 0 aliphatic carbocycles. The highest BCUT2D eigenvalue weighted by molar-refractivity contribution is 5.73. The molecule has 3 unspecified atom stereocenters. The van der Waals surface area contributed by atoms with Gasteiger partial charge in [-0.1, -0.05) is 60.7 Å². The van der Waals surface area contributed by atoms with Crippen LogP contribution in [0.3, 0.4) is 0 Å². The molecule has 0 radical (unpaired) electrons. The van der Waals surface area contributed by atoms with Crippen LogP contribution in [-0.2, 0) is 16.1 Å². The number of rotatable bonds is 8. The van der Waals surface area contributed by atoms with Crippen LogP contribution in [0.5, 0.6) is 0 Å². The van der Waals surface area contributed by atoms with Gasteiger partial charge in [-0.15, -0.1) is 0 Å². The van der Waals surface area contributed by atoms with Crippen LogP contribution in [0, 0.1) is 0 Å². The Bertz CT molecular complexity index is 692. The summed E-state index contributed by atoms with van der Waals surface area (Å²) in [5, 5.41) is 11.7. The quantitative estimate of drug-likeness (QED) is 0.742. The monoisotopic (exact) mass is 367 g/mol. The fraction of sp³-hybridized carbons (Fsp3) is 0.316. The van der Waals surface area contributed by atoms with Crippen molar-refractivity contribution in [3.8, 4) is 0 Å². The van der Waals surface area contributed by atoms with Crippen LogP contribution in [0.25, 0.3) is 0 Å². The van der Waals surface area contributed by atoms with E-state index >= 15 is 0 Å². The second kappa shape index (κ2) is 8.82. The van der Waals surface area contributed by atoms with E-state index in [4.69, 9.17) is 4.74 Å². The third-order valence-electron chi connectivity index (χ3n) is 3.90. The zero-order valence-electron chi connectivity index (χ0n) is 14.1. The first-order valence-electron chi connectivity index (χ1n) is 8.05. The summed E-state index contributed by atoms with van der Waals surface area (Å²) in [6.45, 7) is 1.32. The lowest BCUT2D eigenvalue weighted by molar-refractivity contribution is -0.199. The second-order valence-electron chi connectivity index (χ2n) is 5.87. The topological polar surface area (TPSA) is 58.6 Å². The van der Waals surface area contributed by atoms with Crippen LogP contribution in [0.15, 0.2) is 60.7 Å². The van der Waals surface area contributed by atoms with Gasteiger partial charge in [-0.25, -0.2) is 4.79 Å². The zero-order chi connectivity index (χ0) is 19.2. The van der Waals surface area contributed by atoms with Gasteiger partial charge >= 0.3 is 12.1 Å². The van der Waals surface area contributed by atoms with E-state index in [2.05, 4.69) is 5.32 Å². The van der Waals surface area contributed by atoms with Crippen molar-refractivity contribution in [2.24, 2.45) is 0 Å². The predicted molar refractivity (Wildman–Crippen MR) is 90.5 cm³/mol. The van der Waals surface area contributed by atoms with E-state index < -0.39 is 30.3 Å². The number of aliphatic carboxylic acids is 1. The molecule has 26 heavy (non-hydrogen) atoms. The summed E-state index contributed by atoms with van der Waals surface area (Å²) in [6, 6.07) is 13.9. The lowest BCUT2D eigenvalue weighted by Crippen LogP contribution is -2.55. The van der Waals surface area contributed by atoms with Crippen molar-refractivity contribution in [1.29, 1.82) is 0 Å². The van der Waals surface area contributed by atoms with Crippen molar-refractivity contribution in [2.45, 2.75) is 37.9 Å². The standard InChI is InChI=1S/C19H20F3NO3/c1-13(15-10-6-3-7-11-15)23-17(19(20,21)22)16(18(24)25)26-12-14-8-4-2-5-9-14/h2-11,13,16-17,23H,12H2,1H3,(H,24,25). The number of carboxylic acids is 1. The van der Waals surface area contributed by atoms with Gasteiger partial charge in [0.15, 0.2) is 6.10 Å². The lowest BCUT2D eigenvalue weighted by Gasteiger charge is -2.30. The van der Waals surface area contributed by atoms with E-state index in [1.165, 1.54) is 0 Å². The summed E-state index contributed by atoms with van der Waals surface area (Å²) in [5.41, 5.74) is 1.21. The van der Waals surface area contributed by atoms with Crippen LogP contribution in [0.4, 0.5) is 13.2 Å². The van der Waals surface area contributed by atoms with Crippen molar-refractivity contribution in [3.63, 3.8) is 0 Å². The predicted octanol–water partition coefficient (Wildman–Crippen LogP) is 3.94. The Morgan fingerprint density at radius 2 is 1.62 bits per heavy atom. The van der Waals surface area contributed by atoms with Gasteiger partial charge in [-0.3, -0.25) is 5.32 Å². The molecule has 0 bridgehead atoms. The summed E-state index contributed by atoms with van der Waals surface area (Å²) in [7, 11) is 0. The molecule has 0 aliphatic rings. The fourth-order valence-corrected chi connectivity index (χ4v) is 2.53. The van der Waals surface area contributed by atoms with Crippen LogP contribution >= 0.6 is 0 Å². The van der Waals surface area contributed by atoms with Crippen LogP contribution in [0.2, 0.25) is 0 Å². The first kappa shape index (κ1) is 19.9. The van der Waals surface area contributed by atoms with Gasteiger partial charge in [-0.2, -0.15) is 13.2 Å². The number of benzene rings is 2. The summed E-state index contributed by atoms with van der Waals surface area (Å²) in [4.78, 5) is 11.5. The molecular weight excluding hydrogens is 347 g/mol. The van der Waals surface area contributed by atoms with E-state index in [9.17, 15) is 23.1 Å². The molecule has 2 rings (SSSR count). The Kier molecular flexibility index (Phi) is 6.76. The molecule has 0 fully saturated rings. The van der Waals surface area contributed by atoms with Gasteiger partial charge < -0.3 is 9.84 Å². The molecule has 0 amide bonds. The average Bonchev–Trinajstić information content (AvgIpc) is 2.61. The van der Waals surface area contributed by atoms with Crippen LogP contribution in [0.1, 0.15) is 24.1 Å². The first-order chi connectivity index (χ1) is 12.3. The molecule has 0 aromatic heterocycles. The zero-order valence-corrected chi connectivity index (χ0v) is 14.1. The Balaban J connectivity index is 2.17. The largest absolute Gasteiger partial charge is 0.479 e. The molecule has 2 aromatic rings. The number of alkyl halides is 3. The molecule has 140 valence electrons. The molecule has 2 N–H and O–H groups in total. The van der Waals surface area contributed by atoms with Gasteiger partial charge in [0.2, 0.25) is 0 Å². The lowest BCUT2D eigenvalue weighted by atomic mass is 10.0. The van der Waals surface area contributed by atoms with E-state index in [0.29, 0.717) is 11.1 Å². The number of carboxylic acid groups (broad SMARTS) is 1. The SMILES string of the molecule is CC(NC(C(OCc1ccccc1)C(=O)O)C(F)(F)F)c1ccccc1. The van der Waals surface area contributed by atoms with Crippen molar-refractivity contribution >= 4 is 5.97 Å². The Labute approximate surface area is 149 Å². The highest BCUT2D eigenvalue weighted by Gasteiger charge is 2.49. The van der Waals surface area contributed by atoms with Crippen molar-refractivity contribution in [2.75, 3.05) is 0 Å². The summed E-state index contributed by atoms with van der Waals surface area (Å²) >= 11 is 0. The maximum atomic E-state index is 13.5. The number of carbonyl (C=O) groups is 1. The fourth-order valence-electron chi connectivity index (χ4n) is 2.53. The first-order valence-corrected chi connectivity index (χ1v) is 8.05. The maximum Gasteiger partial charge on any atom is 0.407 e. The van der Waals surface area contributed by atoms with E-state index in [1.54, 1.807) is 67.6 Å². The number of hydrogen-bond acceptors (Lipinski definition) is 3. The Hall–Kier alpha value is -2.38. The minimum absolute atomic E-state index is 0.230. The molecule has 0 heterocycles. The van der Waals surface area contributed by atoms with E-state index in [1.807, 2.05) is 0 Å². The minimum atomic E-state index is -4.79.